The first-order valence-electron chi connectivity index (χ1n) is 6.58. The lowest BCUT2D eigenvalue weighted by Gasteiger charge is -2.18. The predicted molar refractivity (Wildman–Crippen MR) is 82.8 cm³/mol. The SMILES string of the molecule is COC(CNC(=O)C1CC(F)(F)CN1)c1cccc(Cl)c1.Cl. The van der Waals surface area contributed by atoms with E-state index in [-0.39, 0.29) is 25.1 Å². The van der Waals surface area contributed by atoms with E-state index in [9.17, 15) is 13.6 Å². The first-order chi connectivity index (χ1) is 9.91. The number of nitrogens with one attached hydrogen (secondary N) is 2. The number of carbonyl (C=O) groups is 1. The largest absolute Gasteiger partial charge is 0.375 e. The molecule has 2 unspecified atom stereocenters. The van der Waals surface area contributed by atoms with Crippen LogP contribution in [0.5, 0.6) is 0 Å². The summed E-state index contributed by atoms with van der Waals surface area (Å²) in [4.78, 5) is 11.9. The smallest absolute Gasteiger partial charge is 0.262 e. The standard InChI is InChI=1S/C14H17ClF2N2O2.ClH/c1-21-12(9-3-2-4-10(15)5-9)7-18-13(20)11-6-14(16,17)8-19-11;/h2-5,11-12,19H,6-8H2,1H3,(H,18,20);1H. The highest BCUT2D eigenvalue weighted by Crippen LogP contribution is 2.25. The van der Waals surface area contributed by atoms with Gasteiger partial charge in [-0.15, -0.1) is 12.4 Å². The van der Waals surface area contributed by atoms with Gasteiger partial charge in [-0.1, -0.05) is 23.7 Å². The van der Waals surface area contributed by atoms with Crippen molar-refractivity contribution in [2.45, 2.75) is 24.5 Å². The second kappa shape index (κ2) is 8.06. The van der Waals surface area contributed by atoms with Crippen molar-refractivity contribution < 1.29 is 18.3 Å². The van der Waals surface area contributed by atoms with Crippen LogP contribution in [0.2, 0.25) is 5.02 Å². The zero-order valence-corrected chi connectivity index (χ0v) is 13.5. The molecule has 1 aliphatic rings. The summed E-state index contributed by atoms with van der Waals surface area (Å²) in [5, 5.41) is 5.71. The van der Waals surface area contributed by atoms with Crippen molar-refractivity contribution in [2.24, 2.45) is 0 Å². The van der Waals surface area contributed by atoms with E-state index in [1.807, 2.05) is 6.07 Å². The summed E-state index contributed by atoms with van der Waals surface area (Å²) in [5.74, 6) is -3.27. The van der Waals surface area contributed by atoms with Crippen LogP contribution in [0, 0.1) is 0 Å². The Balaban J connectivity index is 0.00000242. The molecule has 1 heterocycles. The molecule has 1 fully saturated rings. The number of ether oxygens (including phenoxy) is 1. The molecule has 0 aliphatic carbocycles. The molecular weight excluding hydrogens is 337 g/mol. The van der Waals surface area contributed by atoms with Crippen LogP contribution in [-0.2, 0) is 9.53 Å². The fourth-order valence-corrected chi connectivity index (χ4v) is 2.46. The van der Waals surface area contributed by atoms with Gasteiger partial charge in [-0.25, -0.2) is 8.78 Å². The summed E-state index contributed by atoms with van der Waals surface area (Å²) in [7, 11) is 1.51. The van der Waals surface area contributed by atoms with E-state index < -0.39 is 30.8 Å². The monoisotopic (exact) mass is 354 g/mol. The minimum Gasteiger partial charge on any atom is -0.375 e. The molecule has 0 bridgehead atoms. The van der Waals surface area contributed by atoms with Crippen LogP contribution in [0.1, 0.15) is 18.1 Å². The lowest BCUT2D eigenvalue weighted by molar-refractivity contribution is -0.124. The van der Waals surface area contributed by atoms with Gasteiger partial charge in [0.25, 0.3) is 5.92 Å². The van der Waals surface area contributed by atoms with Crippen molar-refractivity contribution in [2.75, 3.05) is 20.2 Å². The quantitative estimate of drug-likeness (QED) is 0.854. The van der Waals surface area contributed by atoms with E-state index in [2.05, 4.69) is 10.6 Å². The Bertz CT molecular complexity index is 517. The van der Waals surface area contributed by atoms with E-state index in [0.29, 0.717) is 5.02 Å². The van der Waals surface area contributed by atoms with Gasteiger partial charge in [0.2, 0.25) is 5.91 Å². The number of carbonyl (C=O) groups excluding carboxylic acids is 1. The van der Waals surface area contributed by atoms with E-state index in [0.717, 1.165) is 5.56 Å². The first kappa shape index (κ1) is 19.1. The Labute approximate surface area is 139 Å². The second-order valence-corrected chi connectivity index (χ2v) is 5.45. The summed E-state index contributed by atoms with van der Waals surface area (Å²) < 4.78 is 31.4. The lowest BCUT2D eigenvalue weighted by Crippen LogP contribution is -2.42. The number of hydrogen-bond donors (Lipinski definition) is 2. The Morgan fingerprint density at radius 1 is 1.59 bits per heavy atom. The maximum atomic E-state index is 13.0. The van der Waals surface area contributed by atoms with Crippen LogP contribution in [0.15, 0.2) is 24.3 Å². The van der Waals surface area contributed by atoms with Crippen LogP contribution in [-0.4, -0.2) is 38.1 Å². The molecule has 22 heavy (non-hydrogen) atoms. The number of methoxy groups -OCH3 is 1. The van der Waals surface area contributed by atoms with Gasteiger partial charge in [-0.3, -0.25) is 10.1 Å². The van der Waals surface area contributed by atoms with Crippen molar-refractivity contribution in [1.82, 2.24) is 10.6 Å². The molecule has 0 saturated carbocycles. The molecule has 8 heteroatoms. The van der Waals surface area contributed by atoms with Crippen LogP contribution >= 0.6 is 24.0 Å². The normalized spacial score (nSPS) is 21.0. The molecule has 0 aromatic heterocycles. The molecule has 1 aromatic rings. The molecule has 4 nitrogen and oxygen atoms in total. The molecule has 1 amide bonds. The topological polar surface area (TPSA) is 50.4 Å². The van der Waals surface area contributed by atoms with E-state index in [1.165, 1.54) is 7.11 Å². The molecule has 1 aromatic carbocycles. The van der Waals surface area contributed by atoms with Gasteiger partial charge in [0, 0.05) is 25.1 Å². The molecule has 124 valence electrons. The average molecular weight is 355 g/mol. The van der Waals surface area contributed by atoms with Gasteiger partial charge >= 0.3 is 0 Å². The minimum absolute atomic E-state index is 0. The highest BCUT2D eigenvalue weighted by Gasteiger charge is 2.42. The molecule has 1 saturated heterocycles. The molecule has 2 atom stereocenters. The van der Waals surface area contributed by atoms with Gasteiger partial charge in [-0.2, -0.15) is 0 Å². The minimum atomic E-state index is -2.82. The first-order valence-corrected chi connectivity index (χ1v) is 6.96. The van der Waals surface area contributed by atoms with Crippen LogP contribution in [0.4, 0.5) is 8.78 Å². The van der Waals surface area contributed by atoms with E-state index in [4.69, 9.17) is 16.3 Å². The summed E-state index contributed by atoms with van der Waals surface area (Å²) in [6.45, 7) is -0.271. The number of hydrogen-bond acceptors (Lipinski definition) is 3. The van der Waals surface area contributed by atoms with Crippen molar-refractivity contribution in [3.05, 3.63) is 34.9 Å². The number of alkyl halides is 2. The summed E-state index contributed by atoms with van der Waals surface area (Å²) in [6.07, 6.45) is -0.859. The Kier molecular flexibility index (Phi) is 6.99. The molecule has 1 aliphatic heterocycles. The Morgan fingerprint density at radius 3 is 2.86 bits per heavy atom. The second-order valence-electron chi connectivity index (χ2n) is 5.02. The fourth-order valence-electron chi connectivity index (χ4n) is 2.26. The van der Waals surface area contributed by atoms with Gasteiger partial charge in [0.15, 0.2) is 0 Å². The molecular formula is C14H18Cl2F2N2O2. The third kappa shape index (κ3) is 5.05. The highest BCUT2D eigenvalue weighted by molar-refractivity contribution is 6.30. The number of benzene rings is 1. The number of rotatable bonds is 5. The van der Waals surface area contributed by atoms with Gasteiger partial charge in [0.05, 0.1) is 18.7 Å². The lowest BCUT2D eigenvalue weighted by atomic mass is 10.1. The highest BCUT2D eigenvalue weighted by atomic mass is 35.5. The van der Waals surface area contributed by atoms with Gasteiger partial charge in [0.1, 0.15) is 0 Å². The molecule has 0 radical (unpaired) electrons. The van der Waals surface area contributed by atoms with Crippen molar-refractivity contribution >= 4 is 29.9 Å². The summed E-state index contributed by atoms with van der Waals surface area (Å²) in [5.41, 5.74) is 0.815. The zero-order valence-electron chi connectivity index (χ0n) is 11.9. The van der Waals surface area contributed by atoms with Crippen LogP contribution in [0.25, 0.3) is 0 Å². The maximum Gasteiger partial charge on any atom is 0.262 e. The van der Waals surface area contributed by atoms with Crippen LogP contribution in [0.3, 0.4) is 0 Å². The van der Waals surface area contributed by atoms with Crippen molar-refractivity contribution in [1.29, 1.82) is 0 Å². The average Bonchev–Trinajstić information content (AvgIpc) is 2.80. The van der Waals surface area contributed by atoms with Gasteiger partial charge < -0.3 is 10.1 Å². The number of halogens is 4. The molecule has 2 rings (SSSR count). The van der Waals surface area contributed by atoms with Crippen LogP contribution < -0.4 is 10.6 Å². The summed E-state index contributed by atoms with van der Waals surface area (Å²) in [6, 6.07) is 6.22. The molecule has 2 N–H and O–H groups in total. The Morgan fingerprint density at radius 2 is 2.32 bits per heavy atom. The summed E-state index contributed by atoms with van der Waals surface area (Å²) >= 11 is 5.91. The predicted octanol–water partition coefficient (Wildman–Crippen LogP) is 2.56. The third-order valence-electron chi connectivity index (χ3n) is 3.39. The molecule has 0 spiro atoms. The Hall–Kier alpha value is -0.950. The van der Waals surface area contributed by atoms with E-state index >= 15 is 0 Å². The number of amides is 1. The van der Waals surface area contributed by atoms with Gasteiger partial charge in [-0.05, 0) is 17.7 Å². The van der Waals surface area contributed by atoms with Crippen molar-refractivity contribution in [3.8, 4) is 0 Å². The fraction of sp³-hybridized carbons (Fsp3) is 0.500. The van der Waals surface area contributed by atoms with Crippen molar-refractivity contribution in [3.63, 3.8) is 0 Å². The maximum absolute atomic E-state index is 13.0. The zero-order chi connectivity index (χ0) is 15.5. The van der Waals surface area contributed by atoms with E-state index in [1.54, 1.807) is 18.2 Å². The third-order valence-corrected chi connectivity index (χ3v) is 3.63.